The summed E-state index contributed by atoms with van der Waals surface area (Å²) in [7, 11) is 0. The van der Waals surface area contributed by atoms with Crippen LogP contribution in [0.1, 0.15) is 33.1 Å². The van der Waals surface area contributed by atoms with Crippen molar-refractivity contribution in [3.05, 3.63) is 0 Å². The third-order valence-corrected chi connectivity index (χ3v) is 2.32. The van der Waals surface area contributed by atoms with E-state index in [-0.39, 0.29) is 0 Å². The predicted molar refractivity (Wildman–Crippen MR) is 39.3 cm³/mol. The van der Waals surface area contributed by atoms with Gasteiger partial charge in [-0.05, 0) is 19.3 Å². The van der Waals surface area contributed by atoms with E-state index in [1.54, 1.807) is 0 Å². The van der Waals surface area contributed by atoms with Crippen LogP contribution in [-0.2, 0) is 0 Å². The molecule has 1 fully saturated rings. The summed E-state index contributed by atoms with van der Waals surface area (Å²) >= 11 is 0. The molecule has 1 aliphatic heterocycles. The summed E-state index contributed by atoms with van der Waals surface area (Å²) in [4.78, 5) is 0. The molecule has 0 aliphatic carbocycles. The van der Waals surface area contributed by atoms with Crippen molar-refractivity contribution in [2.75, 3.05) is 6.54 Å². The van der Waals surface area contributed by atoms with Crippen molar-refractivity contribution < 1.29 is 5.32 Å². The van der Waals surface area contributed by atoms with Crippen LogP contribution in [-0.4, -0.2) is 12.6 Å². The van der Waals surface area contributed by atoms with Crippen molar-refractivity contribution in [1.82, 2.24) is 0 Å². The van der Waals surface area contributed by atoms with E-state index in [1.165, 1.54) is 25.8 Å². The molecule has 0 spiro atoms. The Kier molecular flexibility index (Phi) is 2.52. The summed E-state index contributed by atoms with van der Waals surface area (Å²) < 4.78 is 0. The lowest BCUT2D eigenvalue weighted by Crippen LogP contribution is -2.92. The lowest BCUT2D eigenvalue weighted by atomic mass is 9.95. The molecule has 9 heavy (non-hydrogen) atoms. The monoisotopic (exact) mass is 128 g/mol. The summed E-state index contributed by atoms with van der Waals surface area (Å²) in [6.45, 7) is 6.02. The Morgan fingerprint density at radius 1 is 1.33 bits per heavy atom. The molecular formula is C8H18N+. The minimum atomic E-state index is 0.880. The fraction of sp³-hybridized carbons (Fsp3) is 1.00. The molecule has 0 amide bonds. The number of piperidine rings is 1. The normalized spacial score (nSPS) is 29.0. The van der Waals surface area contributed by atoms with Gasteiger partial charge < -0.3 is 5.32 Å². The van der Waals surface area contributed by atoms with Gasteiger partial charge in [0.1, 0.15) is 0 Å². The number of quaternary nitrogens is 1. The molecule has 1 nitrogen and oxygen atoms in total. The van der Waals surface area contributed by atoms with Crippen LogP contribution in [0.2, 0.25) is 0 Å². The minimum absolute atomic E-state index is 0.880. The van der Waals surface area contributed by atoms with Crippen molar-refractivity contribution in [2.45, 2.75) is 39.2 Å². The largest absolute Gasteiger partial charge is 0.344 e. The van der Waals surface area contributed by atoms with Crippen LogP contribution in [0.5, 0.6) is 0 Å². The Morgan fingerprint density at radius 2 is 2.11 bits per heavy atom. The summed E-state index contributed by atoms with van der Waals surface area (Å²) in [5, 5.41) is 2.51. The molecule has 1 saturated heterocycles. The fourth-order valence-corrected chi connectivity index (χ4v) is 1.58. The van der Waals surface area contributed by atoms with E-state index in [0.29, 0.717) is 0 Å². The summed E-state index contributed by atoms with van der Waals surface area (Å²) in [6.07, 6.45) is 4.33. The van der Waals surface area contributed by atoms with Gasteiger partial charge in [0.05, 0.1) is 12.6 Å². The van der Waals surface area contributed by atoms with E-state index in [4.69, 9.17) is 0 Å². The molecule has 0 saturated carbocycles. The molecule has 1 heterocycles. The third kappa shape index (κ3) is 1.98. The van der Waals surface area contributed by atoms with Gasteiger partial charge in [0.2, 0.25) is 0 Å². The van der Waals surface area contributed by atoms with E-state index in [0.717, 1.165) is 12.0 Å². The number of rotatable bonds is 1. The molecule has 0 aromatic heterocycles. The van der Waals surface area contributed by atoms with Gasteiger partial charge >= 0.3 is 0 Å². The molecule has 0 radical (unpaired) electrons. The van der Waals surface area contributed by atoms with Gasteiger partial charge in [0.15, 0.2) is 0 Å². The first-order valence-corrected chi connectivity index (χ1v) is 4.14. The van der Waals surface area contributed by atoms with Crippen LogP contribution in [0.25, 0.3) is 0 Å². The second kappa shape index (κ2) is 3.21. The van der Waals surface area contributed by atoms with Gasteiger partial charge in [-0.15, -0.1) is 0 Å². The molecule has 0 aromatic carbocycles. The smallest absolute Gasteiger partial charge is 0.0882 e. The molecule has 1 heteroatoms. The standard InChI is InChI=1S/C8H17N/c1-7(2)8-5-3-4-6-9-8/h7-9H,3-6H2,1-2H3/p+1/t8-/m0/s1. The maximum atomic E-state index is 2.51. The maximum absolute atomic E-state index is 2.51. The zero-order valence-electron chi connectivity index (χ0n) is 6.56. The van der Waals surface area contributed by atoms with Crippen LogP contribution >= 0.6 is 0 Å². The van der Waals surface area contributed by atoms with Gasteiger partial charge in [0.25, 0.3) is 0 Å². The number of hydrogen-bond donors (Lipinski definition) is 1. The topological polar surface area (TPSA) is 16.6 Å². The molecule has 1 atom stereocenters. The first-order valence-electron chi connectivity index (χ1n) is 4.14. The molecule has 0 unspecified atom stereocenters. The Bertz CT molecular complexity index is 72.6. The van der Waals surface area contributed by atoms with Crippen molar-refractivity contribution in [3.63, 3.8) is 0 Å². The van der Waals surface area contributed by atoms with Gasteiger partial charge in [-0.1, -0.05) is 13.8 Å². The summed E-state index contributed by atoms with van der Waals surface area (Å²) in [6, 6.07) is 0.929. The molecule has 54 valence electrons. The molecule has 1 aliphatic rings. The van der Waals surface area contributed by atoms with Crippen LogP contribution < -0.4 is 5.32 Å². The zero-order chi connectivity index (χ0) is 6.69. The average Bonchev–Trinajstić information content (AvgIpc) is 1.90. The van der Waals surface area contributed by atoms with Crippen molar-refractivity contribution in [2.24, 2.45) is 5.92 Å². The van der Waals surface area contributed by atoms with E-state index in [1.807, 2.05) is 0 Å². The Balaban J connectivity index is 2.23. The highest BCUT2D eigenvalue weighted by Crippen LogP contribution is 2.08. The van der Waals surface area contributed by atoms with Crippen molar-refractivity contribution >= 4 is 0 Å². The molecule has 0 bridgehead atoms. The van der Waals surface area contributed by atoms with Crippen LogP contribution in [0, 0.1) is 5.92 Å². The van der Waals surface area contributed by atoms with Gasteiger partial charge in [0, 0.05) is 5.92 Å². The first-order chi connectivity index (χ1) is 4.30. The Morgan fingerprint density at radius 3 is 2.44 bits per heavy atom. The average molecular weight is 128 g/mol. The quantitative estimate of drug-likeness (QED) is 0.537. The van der Waals surface area contributed by atoms with Gasteiger partial charge in [-0.3, -0.25) is 0 Å². The maximum Gasteiger partial charge on any atom is 0.0882 e. The fourth-order valence-electron chi connectivity index (χ4n) is 1.58. The Hall–Kier alpha value is -0.0400. The van der Waals surface area contributed by atoms with Crippen LogP contribution in [0.4, 0.5) is 0 Å². The highest BCUT2D eigenvalue weighted by molar-refractivity contribution is 4.61. The van der Waals surface area contributed by atoms with Crippen LogP contribution in [0.3, 0.4) is 0 Å². The number of nitrogens with two attached hydrogens (primary N) is 1. The molecule has 2 N–H and O–H groups in total. The second-order valence-corrected chi connectivity index (χ2v) is 3.43. The van der Waals surface area contributed by atoms with Crippen molar-refractivity contribution in [3.8, 4) is 0 Å². The van der Waals surface area contributed by atoms with Gasteiger partial charge in [-0.2, -0.15) is 0 Å². The Labute approximate surface area is 57.8 Å². The lowest BCUT2D eigenvalue weighted by Gasteiger charge is -2.22. The van der Waals surface area contributed by atoms with Crippen molar-refractivity contribution in [1.29, 1.82) is 0 Å². The minimum Gasteiger partial charge on any atom is -0.344 e. The third-order valence-electron chi connectivity index (χ3n) is 2.32. The SMILES string of the molecule is CC(C)[C@@H]1CCCC[NH2+]1. The summed E-state index contributed by atoms with van der Waals surface area (Å²) in [5.74, 6) is 0.880. The molecular weight excluding hydrogens is 110 g/mol. The second-order valence-electron chi connectivity index (χ2n) is 3.43. The van der Waals surface area contributed by atoms with E-state index in [2.05, 4.69) is 19.2 Å². The van der Waals surface area contributed by atoms with Crippen LogP contribution in [0.15, 0.2) is 0 Å². The predicted octanol–water partition coefficient (Wildman–Crippen LogP) is 0.758. The molecule has 1 rings (SSSR count). The highest BCUT2D eigenvalue weighted by Gasteiger charge is 2.18. The lowest BCUT2D eigenvalue weighted by molar-refractivity contribution is -0.703. The van der Waals surface area contributed by atoms with Gasteiger partial charge in [-0.25, -0.2) is 0 Å². The summed E-state index contributed by atoms with van der Waals surface area (Å²) in [5.41, 5.74) is 0. The molecule has 0 aromatic rings. The first kappa shape index (κ1) is 7.07. The highest BCUT2D eigenvalue weighted by atomic mass is 14.9. The number of hydrogen-bond acceptors (Lipinski definition) is 0. The van der Waals surface area contributed by atoms with E-state index in [9.17, 15) is 0 Å². The van der Waals surface area contributed by atoms with E-state index >= 15 is 0 Å². The van der Waals surface area contributed by atoms with E-state index < -0.39 is 0 Å². The zero-order valence-corrected chi connectivity index (χ0v) is 6.56.